The summed E-state index contributed by atoms with van der Waals surface area (Å²) in [6.07, 6.45) is -1.68. The summed E-state index contributed by atoms with van der Waals surface area (Å²) >= 11 is 6.59. The minimum Gasteiger partial charge on any atom is -0.459 e. The molecule has 3 aromatic rings. The van der Waals surface area contributed by atoms with Crippen LogP contribution in [0, 0.1) is 0 Å². The van der Waals surface area contributed by atoms with E-state index < -0.39 is 58.4 Å². The van der Waals surface area contributed by atoms with Crippen LogP contribution in [0.2, 0.25) is 5.02 Å². The van der Waals surface area contributed by atoms with Crippen molar-refractivity contribution in [1.29, 1.82) is 0 Å². The van der Waals surface area contributed by atoms with Crippen LogP contribution in [0.4, 0.5) is 15.3 Å². The molecule has 0 aliphatic rings. The Balaban J connectivity index is 1.72. The van der Waals surface area contributed by atoms with Crippen LogP contribution >= 0.6 is 11.6 Å². The fourth-order valence-corrected chi connectivity index (χ4v) is 5.38. The zero-order chi connectivity index (χ0) is 45.9. The molecule has 3 rings (SSSR count). The summed E-state index contributed by atoms with van der Waals surface area (Å²) in [5, 5.41) is 5.35. The Morgan fingerprint density at radius 3 is 1.85 bits per heavy atom. The number of aliphatic imine (C=N–C) groups is 1. The van der Waals surface area contributed by atoms with Crippen LogP contribution in [0.15, 0.2) is 71.7 Å². The van der Waals surface area contributed by atoms with Gasteiger partial charge in [0.25, 0.3) is 0 Å². The van der Waals surface area contributed by atoms with Crippen LogP contribution in [0.5, 0.6) is 5.75 Å². The standard InChI is InChI=1S/C45H57ClN4O11/c1-42(2,3)58-36(52)27-50(23-22-28-14-13-15-31(24-28)38(54)59-43(4,5)6)35(51)25-30-18-21-33(26-34(30)46)57-37(53)29-16-19-32(20-17-29)47-39(48-40(55)60-44(7,8)9)49-41(56)61-45(10,11)12/h13-21,24,26H,22-23,25,27H2,1-12H3,(H2,47,48,49,55,56). The van der Waals surface area contributed by atoms with E-state index in [1.807, 2.05) is 6.07 Å². The van der Waals surface area contributed by atoms with Crippen LogP contribution in [-0.4, -0.2) is 82.4 Å². The maximum absolute atomic E-state index is 13.7. The zero-order valence-electron chi connectivity index (χ0n) is 36.9. The molecule has 2 N–H and O–H groups in total. The second kappa shape index (κ2) is 20.5. The molecule has 0 spiro atoms. The van der Waals surface area contributed by atoms with E-state index in [1.54, 1.807) is 107 Å². The second-order valence-corrected chi connectivity index (χ2v) is 18.4. The maximum atomic E-state index is 13.7. The molecule has 0 saturated carbocycles. The van der Waals surface area contributed by atoms with Gasteiger partial charge in [0.1, 0.15) is 34.7 Å². The first-order valence-electron chi connectivity index (χ1n) is 19.6. The minimum absolute atomic E-state index is 0.109. The van der Waals surface area contributed by atoms with Crippen LogP contribution < -0.4 is 15.4 Å². The van der Waals surface area contributed by atoms with Crippen molar-refractivity contribution in [1.82, 2.24) is 10.2 Å². The molecule has 0 unspecified atom stereocenters. The van der Waals surface area contributed by atoms with Gasteiger partial charge in [-0.1, -0.05) is 29.8 Å². The van der Waals surface area contributed by atoms with Gasteiger partial charge >= 0.3 is 30.1 Å². The van der Waals surface area contributed by atoms with Crippen molar-refractivity contribution < 1.29 is 52.5 Å². The number of nitrogens with zero attached hydrogens (tertiary/aromatic N) is 2. The van der Waals surface area contributed by atoms with E-state index in [1.165, 1.54) is 41.3 Å². The monoisotopic (exact) mass is 864 g/mol. The van der Waals surface area contributed by atoms with Crippen molar-refractivity contribution >= 4 is 59.2 Å². The Bertz CT molecular complexity index is 2110. The molecule has 61 heavy (non-hydrogen) atoms. The molecule has 16 heteroatoms. The van der Waals surface area contributed by atoms with E-state index in [2.05, 4.69) is 15.6 Å². The lowest BCUT2D eigenvalue weighted by Crippen LogP contribution is -2.40. The van der Waals surface area contributed by atoms with Crippen molar-refractivity contribution in [2.75, 3.05) is 18.4 Å². The SMILES string of the molecule is CC(C)(C)OC(=O)CN(CCc1cccc(C(=O)OC(C)(C)C)c1)C(=O)Cc1ccc(OC(=O)c2ccc(N/C(=N\C(=O)OC(C)(C)C)NC(=O)OC(C)(C)C)cc2)cc1Cl. The summed E-state index contributed by atoms with van der Waals surface area (Å²) < 4.78 is 27.1. The number of guanidine groups is 1. The van der Waals surface area contributed by atoms with E-state index >= 15 is 0 Å². The maximum Gasteiger partial charge on any atom is 0.437 e. The number of esters is 3. The first-order valence-corrected chi connectivity index (χ1v) is 19.9. The summed E-state index contributed by atoms with van der Waals surface area (Å²) in [5.74, 6) is -2.36. The number of rotatable bonds is 11. The lowest BCUT2D eigenvalue weighted by molar-refractivity contribution is -0.158. The van der Waals surface area contributed by atoms with Crippen LogP contribution in [0.3, 0.4) is 0 Å². The van der Waals surface area contributed by atoms with Crippen molar-refractivity contribution in [3.63, 3.8) is 0 Å². The Kier molecular flexibility index (Phi) is 16.6. The fourth-order valence-electron chi connectivity index (χ4n) is 5.14. The molecule has 0 fully saturated rings. The molecule has 3 aromatic carbocycles. The van der Waals surface area contributed by atoms with Crippen molar-refractivity contribution in [2.24, 2.45) is 4.99 Å². The minimum atomic E-state index is -0.960. The van der Waals surface area contributed by atoms with Gasteiger partial charge in [-0.2, -0.15) is 0 Å². The molecule has 0 bridgehead atoms. The molecule has 15 nitrogen and oxygen atoms in total. The molecule has 3 amide bonds. The Morgan fingerprint density at radius 1 is 0.672 bits per heavy atom. The number of hydrogen-bond acceptors (Lipinski definition) is 11. The van der Waals surface area contributed by atoms with Crippen molar-refractivity contribution in [3.8, 4) is 5.75 Å². The molecule has 0 saturated heterocycles. The highest BCUT2D eigenvalue weighted by Crippen LogP contribution is 2.25. The van der Waals surface area contributed by atoms with E-state index in [0.717, 1.165) is 5.56 Å². The van der Waals surface area contributed by atoms with Crippen molar-refractivity contribution in [2.45, 2.75) is 118 Å². The molecule has 0 aliphatic heterocycles. The lowest BCUT2D eigenvalue weighted by Gasteiger charge is -2.25. The Labute approximate surface area is 362 Å². The molecule has 0 aromatic heterocycles. The molecule has 0 atom stereocenters. The predicted molar refractivity (Wildman–Crippen MR) is 231 cm³/mol. The Hall–Kier alpha value is -5.96. The zero-order valence-corrected chi connectivity index (χ0v) is 37.7. The van der Waals surface area contributed by atoms with Crippen molar-refractivity contribution in [3.05, 3.63) is 94.0 Å². The van der Waals surface area contributed by atoms with E-state index in [9.17, 15) is 28.8 Å². The average Bonchev–Trinajstić information content (AvgIpc) is 3.08. The third-order valence-corrected chi connectivity index (χ3v) is 7.85. The highest BCUT2D eigenvalue weighted by molar-refractivity contribution is 6.31. The highest BCUT2D eigenvalue weighted by atomic mass is 35.5. The number of ether oxygens (including phenoxy) is 5. The number of benzene rings is 3. The van der Waals surface area contributed by atoms with Crippen LogP contribution in [-0.2, 0) is 41.4 Å². The third kappa shape index (κ3) is 18.9. The summed E-state index contributed by atoms with van der Waals surface area (Å²) in [5.41, 5.74) is -1.06. The van der Waals surface area contributed by atoms with Crippen LogP contribution in [0.25, 0.3) is 0 Å². The molecule has 330 valence electrons. The number of nitrogens with one attached hydrogen (secondary N) is 2. The van der Waals surface area contributed by atoms with Gasteiger partial charge in [0.2, 0.25) is 11.9 Å². The summed E-state index contributed by atoms with van der Waals surface area (Å²) in [4.78, 5) is 82.4. The summed E-state index contributed by atoms with van der Waals surface area (Å²) in [6.45, 7) is 20.4. The smallest absolute Gasteiger partial charge is 0.437 e. The number of carbonyl (C=O) groups is 6. The first kappa shape index (κ1) is 49.4. The first-order chi connectivity index (χ1) is 28.0. The van der Waals surface area contributed by atoms with E-state index in [-0.39, 0.29) is 41.8 Å². The highest BCUT2D eigenvalue weighted by Gasteiger charge is 2.25. The van der Waals surface area contributed by atoms with Gasteiger partial charge in [0.05, 0.1) is 17.5 Å². The molecule has 0 radical (unpaired) electrons. The third-order valence-electron chi connectivity index (χ3n) is 7.50. The Morgan fingerprint density at radius 2 is 1.28 bits per heavy atom. The van der Waals surface area contributed by atoms with Crippen LogP contribution in [0.1, 0.15) is 115 Å². The van der Waals surface area contributed by atoms with Gasteiger partial charge in [-0.05, 0) is 149 Å². The van der Waals surface area contributed by atoms with Gasteiger partial charge in [-0.25, -0.2) is 19.2 Å². The molecule has 0 heterocycles. The van der Waals surface area contributed by atoms with Gasteiger partial charge in [0.15, 0.2) is 0 Å². The van der Waals surface area contributed by atoms with Gasteiger partial charge in [-0.15, -0.1) is 4.99 Å². The quantitative estimate of drug-likeness (QED) is 0.0615. The summed E-state index contributed by atoms with van der Waals surface area (Å²) in [6, 6.07) is 17.2. The normalized spacial score (nSPS) is 12.1. The lowest BCUT2D eigenvalue weighted by atomic mass is 10.1. The predicted octanol–water partition coefficient (Wildman–Crippen LogP) is 8.70. The molecule has 0 aliphatic carbocycles. The largest absolute Gasteiger partial charge is 0.459 e. The number of amides is 3. The molecular formula is C45H57ClN4O11. The second-order valence-electron chi connectivity index (χ2n) is 17.9. The number of hydrogen-bond donors (Lipinski definition) is 2. The number of carbonyl (C=O) groups excluding carboxylic acids is 6. The van der Waals surface area contributed by atoms with E-state index in [4.69, 9.17) is 35.3 Å². The number of alkyl carbamates (subject to hydrolysis) is 1. The summed E-state index contributed by atoms with van der Waals surface area (Å²) in [7, 11) is 0. The fraction of sp³-hybridized carbons (Fsp3) is 0.444. The average molecular weight is 865 g/mol. The van der Waals surface area contributed by atoms with Gasteiger partial charge < -0.3 is 33.9 Å². The molecular weight excluding hydrogens is 808 g/mol. The van der Waals surface area contributed by atoms with Gasteiger partial charge in [0, 0.05) is 17.3 Å². The van der Waals surface area contributed by atoms with Gasteiger partial charge in [-0.3, -0.25) is 14.9 Å². The topological polar surface area (TPSA) is 188 Å². The number of anilines is 1. The number of halogens is 1. The van der Waals surface area contributed by atoms with E-state index in [0.29, 0.717) is 23.2 Å².